The van der Waals surface area contributed by atoms with Gasteiger partial charge in [0.2, 0.25) is 0 Å². The summed E-state index contributed by atoms with van der Waals surface area (Å²) >= 11 is 0. The topological polar surface area (TPSA) is 85.9 Å². The Balaban J connectivity index is 1.89. The van der Waals surface area contributed by atoms with Crippen molar-refractivity contribution in [1.82, 2.24) is 10.6 Å². The molecule has 7 nitrogen and oxygen atoms in total. The summed E-state index contributed by atoms with van der Waals surface area (Å²) in [6, 6.07) is 4.91. The van der Waals surface area contributed by atoms with E-state index in [0.29, 0.717) is 24.3 Å². The summed E-state index contributed by atoms with van der Waals surface area (Å²) in [5, 5.41) is 6.29. The van der Waals surface area contributed by atoms with E-state index in [1.165, 1.54) is 0 Å². The minimum atomic E-state index is -0.586. The molecule has 2 aliphatic heterocycles. The highest BCUT2D eigenvalue weighted by Crippen LogP contribution is 2.42. The minimum absolute atomic E-state index is 0.306. The fourth-order valence-corrected chi connectivity index (χ4v) is 3.57. The largest absolute Gasteiger partial charge is 0.485 e. The molecular weight excluding hydrogens is 348 g/mol. The van der Waals surface area contributed by atoms with Crippen LogP contribution in [0.15, 0.2) is 18.2 Å². The van der Waals surface area contributed by atoms with Gasteiger partial charge in [0, 0.05) is 24.9 Å². The summed E-state index contributed by atoms with van der Waals surface area (Å²) in [5.74, 6) is 0.290. The second-order valence-electron chi connectivity index (χ2n) is 8.09. The van der Waals surface area contributed by atoms with E-state index in [-0.39, 0.29) is 17.6 Å². The molecule has 148 valence electrons. The second-order valence-corrected chi connectivity index (χ2v) is 8.09. The van der Waals surface area contributed by atoms with Crippen molar-refractivity contribution in [1.29, 1.82) is 0 Å². The minimum Gasteiger partial charge on any atom is -0.485 e. The van der Waals surface area contributed by atoms with Crippen LogP contribution in [-0.2, 0) is 9.47 Å². The number of benzene rings is 1. The first-order valence-electron chi connectivity index (χ1n) is 9.42. The van der Waals surface area contributed by atoms with Crippen LogP contribution < -0.4 is 15.4 Å². The van der Waals surface area contributed by atoms with Crippen molar-refractivity contribution >= 4 is 12.1 Å². The summed E-state index contributed by atoms with van der Waals surface area (Å²) in [6.07, 6.45) is 0.986. The maximum Gasteiger partial charge on any atom is 0.408 e. The van der Waals surface area contributed by atoms with Crippen molar-refractivity contribution in [3.8, 4) is 5.75 Å². The lowest BCUT2D eigenvalue weighted by molar-refractivity contribution is 0.0321. The van der Waals surface area contributed by atoms with E-state index in [0.717, 1.165) is 25.1 Å². The van der Waals surface area contributed by atoms with Gasteiger partial charge in [0.1, 0.15) is 17.0 Å². The lowest BCUT2D eigenvalue weighted by Gasteiger charge is -2.40. The Morgan fingerprint density at radius 1 is 1.37 bits per heavy atom. The van der Waals surface area contributed by atoms with E-state index in [2.05, 4.69) is 10.6 Å². The Labute approximate surface area is 159 Å². The molecule has 3 rings (SSSR count). The monoisotopic (exact) mass is 376 g/mol. The number of hydrogen-bond donors (Lipinski definition) is 2. The zero-order valence-corrected chi connectivity index (χ0v) is 16.4. The summed E-state index contributed by atoms with van der Waals surface area (Å²) in [5.41, 5.74) is 0.259. The fraction of sp³-hybridized carbons (Fsp3) is 0.600. The lowest BCUT2D eigenvalue weighted by Crippen LogP contribution is -2.47. The van der Waals surface area contributed by atoms with Gasteiger partial charge in [-0.2, -0.15) is 0 Å². The molecule has 2 heterocycles. The smallest absolute Gasteiger partial charge is 0.408 e. The van der Waals surface area contributed by atoms with Crippen molar-refractivity contribution < 1.29 is 23.8 Å². The molecule has 1 spiro atoms. The first kappa shape index (κ1) is 19.5. The third-order valence-electron chi connectivity index (χ3n) is 4.69. The highest BCUT2D eigenvalue weighted by molar-refractivity contribution is 5.90. The first-order valence-corrected chi connectivity index (χ1v) is 9.42. The Hall–Kier alpha value is -2.28. The summed E-state index contributed by atoms with van der Waals surface area (Å²) in [6.45, 7) is 9.14. The molecule has 0 bridgehead atoms. The van der Waals surface area contributed by atoms with Crippen LogP contribution in [0.5, 0.6) is 5.75 Å². The fourth-order valence-electron chi connectivity index (χ4n) is 3.57. The molecule has 2 N–H and O–H groups in total. The number of carbonyl (C=O) groups is 2. The SMILES string of the molecule is CCOC(=O)c1ccc2c(c1)C(NC(=O)OC(C)(C)C)CC1(CCNC1)O2. The average Bonchev–Trinajstić information content (AvgIpc) is 3.00. The van der Waals surface area contributed by atoms with Gasteiger partial charge >= 0.3 is 12.1 Å². The van der Waals surface area contributed by atoms with Gasteiger partial charge in [-0.15, -0.1) is 0 Å². The molecule has 0 aliphatic carbocycles. The van der Waals surface area contributed by atoms with Crippen LogP contribution in [0.25, 0.3) is 0 Å². The normalized spacial score (nSPS) is 24.1. The average molecular weight is 376 g/mol. The van der Waals surface area contributed by atoms with Crippen LogP contribution >= 0.6 is 0 Å². The molecule has 2 atom stereocenters. The van der Waals surface area contributed by atoms with Gasteiger partial charge in [-0.1, -0.05) is 0 Å². The number of hydrogen-bond acceptors (Lipinski definition) is 6. The number of carbonyl (C=O) groups excluding carboxylic acids is 2. The first-order chi connectivity index (χ1) is 12.7. The summed E-state index contributed by atoms with van der Waals surface area (Å²) in [7, 11) is 0. The van der Waals surface area contributed by atoms with Gasteiger partial charge in [0.25, 0.3) is 0 Å². The number of nitrogens with one attached hydrogen (secondary N) is 2. The number of amides is 1. The standard InChI is InChI=1S/C20H28N2O5/c1-5-25-17(23)13-6-7-16-14(10-13)15(22-18(24)27-19(2,3)4)11-20(26-16)8-9-21-12-20/h6-7,10,15,21H,5,8-9,11-12H2,1-4H3,(H,22,24). The Morgan fingerprint density at radius 2 is 2.15 bits per heavy atom. The van der Waals surface area contributed by atoms with E-state index in [1.54, 1.807) is 25.1 Å². The summed E-state index contributed by atoms with van der Waals surface area (Å²) < 4.78 is 16.8. The van der Waals surface area contributed by atoms with E-state index in [1.807, 2.05) is 20.8 Å². The highest BCUT2D eigenvalue weighted by atomic mass is 16.6. The molecule has 2 aliphatic rings. The second kappa shape index (κ2) is 7.38. The van der Waals surface area contributed by atoms with Crippen LogP contribution in [0.1, 0.15) is 62.5 Å². The number of rotatable bonds is 3. The van der Waals surface area contributed by atoms with Crippen molar-refractivity contribution in [3.05, 3.63) is 29.3 Å². The molecule has 0 radical (unpaired) electrons. The Kier molecular flexibility index (Phi) is 5.33. The van der Waals surface area contributed by atoms with Crippen molar-refractivity contribution in [2.75, 3.05) is 19.7 Å². The molecule has 27 heavy (non-hydrogen) atoms. The van der Waals surface area contributed by atoms with E-state index < -0.39 is 11.7 Å². The van der Waals surface area contributed by atoms with Crippen LogP contribution in [-0.4, -0.2) is 43.0 Å². The maximum atomic E-state index is 12.4. The van der Waals surface area contributed by atoms with Crippen molar-refractivity contribution in [2.45, 2.75) is 57.8 Å². The predicted octanol–water partition coefficient (Wildman–Crippen LogP) is 2.94. The summed E-state index contributed by atoms with van der Waals surface area (Å²) in [4.78, 5) is 24.5. The van der Waals surface area contributed by atoms with Gasteiger partial charge in [-0.05, 0) is 52.4 Å². The van der Waals surface area contributed by atoms with E-state index in [4.69, 9.17) is 14.2 Å². The molecule has 0 saturated carbocycles. The number of ether oxygens (including phenoxy) is 3. The van der Waals surface area contributed by atoms with Gasteiger partial charge < -0.3 is 24.8 Å². The molecule has 1 aromatic rings. The highest BCUT2D eigenvalue weighted by Gasteiger charge is 2.44. The molecule has 1 saturated heterocycles. The molecule has 0 aromatic heterocycles. The van der Waals surface area contributed by atoms with Crippen LogP contribution in [0.4, 0.5) is 4.79 Å². The molecule has 1 amide bonds. The number of alkyl carbamates (subject to hydrolysis) is 1. The van der Waals surface area contributed by atoms with Crippen molar-refractivity contribution in [3.63, 3.8) is 0 Å². The molecule has 1 aromatic carbocycles. The van der Waals surface area contributed by atoms with E-state index in [9.17, 15) is 9.59 Å². The molecule has 1 fully saturated rings. The number of fused-ring (bicyclic) bond motifs is 1. The molecule has 7 heteroatoms. The third-order valence-corrected chi connectivity index (χ3v) is 4.69. The van der Waals surface area contributed by atoms with Gasteiger partial charge in [0.05, 0.1) is 18.2 Å². The van der Waals surface area contributed by atoms with Gasteiger partial charge in [0.15, 0.2) is 0 Å². The van der Waals surface area contributed by atoms with Gasteiger partial charge in [-0.25, -0.2) is 9.59 Å². The third kappa shape index (κ3) is 4.53. The Bertz CT molecular complexity index is 720. The lowest BCUT2D eigenvalue weighted by atomic mass is 9.86. The van der Waals surface area contributed by atoms with Crippen LogP contribution in [0.3, 0.4) is 0 Å². The predicted molar refractivity (Wildman–Crippen MR) is 100.0 cm³/mol. The maximum absolute atomic E-state index is 12.4. The van der Waals surface area contributed by atoms with E-state index >= 15 is 0 Å². The van der Waals surface area contributed by atoms with Crippen LogP contribution in [0, 0.1) is 0 Å². The quantitative estimate of drug-likeness (QED) is 0.789. The zero-order valence-electron chi connectivity index (χ0n) is 16.4. The number of esters is 1. The van der Waals surface area contributed by atoms with Gasteiger partial charge in [-0.3, -0.25) is 0 Å². The Morgan fingerprint density at radius 3 is 2.78 bits per heavy atom. The zero-order chi connectivity index (χ0) is 19.7. The molecular formula is C20H28N2O5. The van der Waals surface area contributed by atoms with Crippen molar-refractivity contribution in [2.24, 2.45) is 0 Å². The molecule has 2 unspecified atom stereocenters. The van der Waals surface area contributed by atoms with Crippen LogP contribution in [0.2, 0.25) is 0 Å².